The van der Waals surface area contributed by atoms with Gasteiger partial charge >= 0.3 is 0 Å². The Balaban J connectivity index is 1.87. The summed E-state index contributed by atoms with van der Waals surface area (Å²) >= 11 is 0. The van der Waals surface area contributed by atoms with Gasteiger partial charge in [0.1, 0.15) is 11.6 Å². The second-order valence-corrected chi connectivity index (χ2v) is 6.05. The quantitative estimate of drug-likeness (QED) is 0.481. The molecule has 0 saturated heterocycles. The van der Waals surface area contributed by atoms with Gasteiger partial charge in [0.2, 0.25) is 0 Å². The van der Waals surface area contributed by atoms with Crippen molar-refractivity contribution in [2.45, 2.75) is 13.8 Å². The molecule has 26 heavy (non-hydrogen) atoms. The van der Waals surface area contributed by atoms with E-state index in [0.29, 0.717) is 5.56 Å². The summed E-state index contributed by atoms with van der Waals surface area (Å²) in [4.78, 5) is 0. The summed E-state index contributed by atoms with van der Waals surface area (Å²) in [5.74, 6) is 9.64. The summed E-state index contributed by atoms with van der Waals surface area (Å²) in [5, 5.41) is 0. The SMILES string of the molecule is Cc1ccc(C#Cc2cc(F)c(C#Cc3ccc(C)cc3)c(F)c2)cc1. The van der Waals surface area contributed by atoms with Gasteiger partial charge in [-0.2, -0.15) is 0 Å². The minimum atomic E-state index is -0.710. The molecule has 0 saturated carbocycles. The van der Waals surface area contributed by atoms with Crippen molar-refractivity contribution in [1.29, 1.82) is 0 Å². The molecule has 0 aromatic heterocycles. The number of rotatable bonds is 0. The summed E-state index contributed by atoms with van der Waals surface area (Å²) in [6.45, 7) is 3.95. The average Bonchev–Trinajstić information content (AvgIpc) is 2.62. The summed E-state index contributed by atoms with van der Waals surface area (Å²) in [6, 6.07) is 17.5. The molecule has 0 radical (unpaired) electrons. The molecule has 3 aromatic carbocycles. The number of hydrogen-bond acceptors (Lipinski definition) is 0. The van der Waals surface area contributed by atoms with Gasteiger partial charge in [0, 0.05) is 16.7 Å². The van der Waals surface area contributed by atoms with Gasteiger partial charge < -0.3 is 0 Å². The van der Waals surface area contributed by atoms with Gasteiger partial charge in [0.25, 0.3) is 0 Å². The van der Waals surface area contributed by atoms with E-state index in [-0.39, 0.29) is 11.1 Å². The van der Waals surface area contributed by atoms with Crippen LogP contribution in [0.25, 0.3) is 0 Å². The van der Waals surface area contributed by atoms with Crippen molar-refractivity contribution < 1.29 is 8.78 Å². The number of benzene rings is 3. The summed E-state index contributed by atoms with van der Waals surface area (Å²) in [7, 11) is 0. The fourth-order valence-electron chi connectivity index (χ4n) is 2.32. The molecule has 0 aliphatic carbocycles. The van der Waals surface area contributed by atoms with E-state index in [4.69, 9.17) is 0 Å². The lowest BCUT2D eigenvalue weighted by Crippen LogP contribution is -1.92. The van der Waals surface area contributed by atoms with Crippen LogP contribution in [-0.4, -0.2) is 0 Å². The third kappa shape index (κ3) is 4.38. The van der Waals surface area contributed by atoms with Crippen molar-refractivity contribution in [1.82, 2.24) is 0 Å². The molecule has 0 spiro atoms. The van der Waals surface area contributed by atoms with Crippen molar-refractivity contribution in [3.05, 3.63) is 106 Å². The number of aryl methyl sites for hydroxylation is 2. The third-order valence-electron chi connectivity index (χ3n) is 3.83. The van der Waals surface area contributed by atoms with Crippen molar-refractivity contribution in [2.24, 2.45) is 0 Å². The predicted octanol–water partition coefficient (Wildman–Crippen LogP) is 5.38. The lowest BCUT2D eigenvalue weighted by atomic mass is 10.1. The van der Waals surface area contributed by atoms with Crippen LogP contribution in [0.5, 0.6) is 0 Å². The molecule has 0 fully saturated rings. The van der Waals surface area contributed by atoms with Crippen LogP contribution in [0, 0.1) is 49.2 Å². The number of halogens is 2. The van der Waals surface area contributed by atoms with E-state index < -0.39 is 11.6 Å². The standard InChI is InChI=1S/C24H16F2/c1-17-3-7-19(8-4-17)11-12-21-15-23(25)22(24(26)16-21)14-13-20-9-5-18(2)6-10-20/h3-10,15-16H,1-2H3. The summed E-state index contributed by atoms with van der Waals surface area (Å²) < 4.78 is 28.5. The number of hydrogen-bond donors (Lipinski definition) is 0. The largest absolute Gasteiger partial charge is 0.205 e. The molecule has 0 aliphatic heterocycles. The zero-order chi connectivity index (χ0) is 18.5. The van der Waals surface area contributed by atoms with Crippen molar-refractivity contribution in [3.8, 4) is 23.7 Å². The normalized spacial score (nSPS) is 9.69. The van der Waals surface area contributed by atoms with Gasteiger partial charge in [0.15, 0.2) is 0 Å². The Bertz CT molecular complexity index is 1030. The maximum absolute atomic E-state index is 14.2. The monoisotopic (exact) mass is 342 g/mol. The molecule has 0 unspecified atom stereocenters. The maximum Gasteiger partial charge on any atom is 0.143 e. The molecule has 3 aromatic rings. The molecule has 126 valence electrons. The van der Waals surface area contributed by atoms with Gasteiger partial charge in [0.05, 0.1) is 5.56 Å². The Kier molecular flexibility index (Phi) is 5.16. The maximum atomic E-state index is 14.2. The van der Waals surface area contributed by atoms with Crippen LogP contribution in [-0.2, 0) is 0 Å². The van der Waals surface area contributed by atoms with E-state index in [1.165, 1.54) is 12.1 Å². The topological polar surface area (TPSA) is 0 Å². The van der Waals surface area contributed by atoms with Gasteiger partial charge in [-0.05, 0) is 50.2 Å². The highest BCUT2D eigenvalue weighted by Gasteiger charge is 2.08. The highest BCUT2D eigenvalue weighted by molar-refractivity contribution is 5.49. The van der Waals surface area contributed by atoms with Gasteiger partial charge in [-0.1, -0.05) is 59.1 Å². The first-order chi connectivity index (χ1) is 12.5. The van der Waals surface area contributed by atoms with E-state index >= 15 is 0 Å². The van der Waals surface area contributed by atoms with Crippen molar-refractivity contribution in [3.63, 3.8) is 0 Å². The first-order valence-corrected chi connectivity index (χ1v) is 8.18. The average molecular weight is 342 g/mol. The Labute approximate surface area is 152 Å². The van der Waals surface area contributed by atoms with Crippen LogP contribution in [0.15, 0.2) is 60.7 Å². The zero-order valence-corrected chi connectivity index (χ0v) is 14.5. The van der Waals surface area contributed by atoms with Crippen LogP contribution < -0.4 is 0 Å². The molecule has 3 rings (SSSR count). The highest BCUT2D eigenvalue weighted by atomic mass is 19.1. The first kappa shape index (κ1) is 17.5. The van der Waals surface area contributed by atoms with Crippen LogP contribution >= 0.6 is 0 Å². The molecule has 0 heterocycles. The fraction of sp³-hybridized carbons (Fsp3) is 0.0833. The van der Waals surface area contributed by atoms with E-state index in [2.05, 4.69) is 23.7 Å². The van der Waals surface area contributed by atoms with Crippen LogP contribution in [0.3, 0.4) is 0 Å². The van der Waals surface area contributed by atoms with Gasteiger partial charge in [-0.3, -0.25) is 0 Å². The summed E-state index contributed by atoms with van der Waals surface area (Å²) in [5.41, 5.74) is 3.76. The highest BCUT2D eigenvalue weighted by Crippen LogP contribution is 2.15. The van der Waals surface area contributed by atoms with Crippen LogP contribution in [0.4, 0.5) is 8.78 Å². The fourth-order valence-corrected chi connectivity index (χ4v) is 2.32. The Hall–Kier alpha value is -3.36. The molecule has 0 nitrogen and oxygen atoms in total. The van der Waals surface area contributed by atoms with E-state index in [0.717, 1.165) is 16.7 Å². The van der Waals surface area contributed by atoms with E-state index in [1.807, 2.05) is 62.4 Å². The second-order valence-electron chi connectivity index (χ2n) is 6.05. The van der Waals surface area contributed by atoms with Crippen LogP contribution in [0.2, 0.25) is 0 Å². The molecule has 2 heteroatoms. The molecule has 0 bridgehead atoms. The smallest absolute Gasteiger partial charge is 0.143 e. The Morgan fingerprint density at radius 1 is 0.538 bits per heavy atom. The molecule has 0 atom stereocenters. The minimum absolute atomic E-state index is 0.244. The minimum Gasteiger partial charge on any atom is -0.205 e. The summed E-state index contributed by atoms with van der Waals surface area (Å²) in [6.07, 6.45) is 0. The first-order valence-electron chi connectivity index (χ1n) is 8.18. The molecule has 0 N–H and O–H groups in total. The van der Waals surface area contributed by atoms with Crippen molar-refractivity contribution >= 4 is 0 Å². The Morgan fingerprint density at radius 2 is 0.923 bits per heavy atom. The molecule has 0 amide bonds. The van der Waals surface area contributed by atoms with Gasteiger partial charge in [-0.15, -0.1) is 0 Å². The van der Waals surface area contributed by atoms with Crippen molar-refractivity contribution in [2.75, 3.05) is 0 Å². The van der Waals surface area contributed by atoms with Gasteiger partial charge in [-0.25, -0.2) is 8.78 Å². The Morgan fingerprint density at radius 3 is 1.38 bits per heavy atom. The van der Waals surface area contributed by atoms with E-state index in [9.17, 15) is 8.78 Å². The lowest BCUT2D eigenvalue weighted by Gasteiger charge is -1.99. The molecular formula is C24H16F2. The molecule has 0 aliphatic rings. The predicted molar refractivity (Wildman–Crippen MR) is 101 cm³/mol. The lowest BCUT2D eigenvalue weighted by molar-refractivity contribution is 0.577. The molecular weight excluding hydrogens is 326 g/mol. The zero-order valence-electron chi connectivity index (χ0n) is 14.5. The second kappa shape index (κ2) is 7.68. The van der Waals surface area contributed by atoms with E-state index in [1.54, 1.807) is 0 Å². The third-order valence-corrected chi connectivity index (χ3v) is 3.83. The van der Waals surface area contributed by atoms with Crippen LogP contribution in [0.1, 0.15) is 33.4 Å².